The monoisotopic (exact) mass is 715 g/mol. The average Bonchev–Trinajstić information content (AvgIpc) is 2.95. The molecule has 15 heteroatoms. The zero-order chi connectivity index (χ0) is 37.3. The van der Waals surface area contributed by atoms with Crippen LogP contribution in [0.25, 0.3) is 11.1 Å². The number of carbonyl (C=O) groups excluding carboxylic acids is 1. The summed E-state index contributed by atoms with van der Waals surface area (Å²) in [6.45, 7) is 7.82. The summed E-state index contributed by atoms with van der Waals surface area (Å²) in [7, 11) is 0. The van der Waals surface area contributed by atoms with E-state index in [0.29, 0.717) is 30.3 Å². The molecule has 1 aliphatic heterocycles. The van der Waals surface area contributed by atoms with E-state index in [2.05, 4.69) is 5.32 Å². The number of carboxylic acid groups (broad SMARTS) is 1. The molecule has 2 atom stereocenters. The Bertz CT molecular complexity index is 1790. The van der Waals surface area contributed by atoms with Gasteiger partial charge in [0.25, 0.3) is 5.56 Å². The molecule has 0 aliphatic carbocycles. The summed E-state index contributed by atoms with van der Waals surface area (Å²) in [5.41, 5.74) is -6.01. The molecular formula is C35H37F8N3O4. The van der Waals surface area contributed by atoms with Crippen molar-refractivity contribution in [2.75, 3.05) is 19.6 Å². The smallest absolute Gasteiger partial charge is 0.419 e. The maximum atomic E-state index is 16.4. The topological polar surface area (TPSA) is 91.6 Å². The van der Waals surface area contributed by atoms with Gasteiger partial charge in [0.2, 0.25) is 5.91 Å². The van der Waals surface area contributed by atoms with Crippen molar-refractivity contribution >= 4 is 11.9 Å². The minimum atomic E-state index is -5.37. The quantitative estimate of drug-likeness (QED) is 0.189. The molecule has 0 bridgehead atoms. The molecule has 4 rings (SSSR count). The number of carbonyl (C=O) groups is 2. The summed E-state index contributed by atoms with van der Waals surface area (Å²) in [6, 6.07) is 1.34. The van der Waals surface area contributed by atoms with Crippen LogP contribution in [0.1, 0.15) is 78.6 Å². The maximum absolute atomic E-state index is 16.4. The van der Waals surface area contributed by atoms with Crippen LogP contribution in [0.2, 0.25) is 0 Å². The first-order chi connectivity index (χ1) is 23.2. The first-order valence-corrected chi connectivity index (χ1v) is 15.9. The van der Waals surface area contributed by atoms with Crippen LogP contribution in [-0.4, -0.2) is 46.1 Å². The molecule has 1 saturated heterocycles. The summed E-state index contributed by atoms with van der Waals surface area (Å²) < 4.78 is 117. The van der Waals surface area contributed by atoms with Crippen LogP contribution in [0, 0.1) is 31.4 Å². The summed E-state index contributed by atoms with van der Waals surface area (Å²) in [5, 5.41) is 11.8. The fourth-order valence-electron chi connectivity index (χ4n) is 6.23. The number of carboxylic acids is 1. The molecule has 2 aromatic carbocycles. The lowest BCUT2D eigenvalue weighted by atomic mass is 9.89. The number of likely N-dealkylation sites (tertiary alicyclic amines) is 1. The molecule has 1 aliphatic rings. The van der Waals surface area contributed by atoms with Gasteiger partial charge in [0, 0.05) is 29.9 Å². The van der Waals surface area contributed by atoms with Crippen molar-refractivity contribution in [3.8, 4) is 11.1 Å². The lowest BCUT2D eigenvalue weighted by Crippen LogP contribution is -2.41. The van der Waals surface area contributed by atoms with Crippen LogP contribution < -0.4 is 10.9 Å². The van der Waals surface area contributed by atoms with Crippen LogP contribution in [0.3, 0.4) is 0 Å². The van der Waals surface area contributed by atoms with Crippen LogP contribution >= 0.6 is 0 Å². The Balaban J connectivity index is 1.87. The summed E-state index contributed by atoms with van der Waals surface area (Å²) in [6.07, 6.45) is -10.1. The highest BCUT2D eigenvalue weighted by Gasteiger charge is 2.41. The Kier molecular flexibility index (Phi) is 11.5. The summed E-state index contributed by atoms with van der Waals surface area (Å²) in [5.74, 6) is -7.05. The molecule has 0 unspecified atom stereocenters. The molecule has 7 nitrogen and oxygen atoms in total. The summed E-state index contributed by atoms with van der Waals surface area (Å²) in [4.78, 5) is 40.9. The number of halogens is 8. The number of rotatable bonds is 12. The second-order valence-corrected chi connectivity index (χ2v) is 13.0. The molecule has 2 heterocycles. The van der Waals surface area contributed by atoms with Gasteiger partial charge in [0.15, 0.2) is 0 Å². The van der Waals surface area contributed by atoms with E-state index in [0.717, 1.165) is 17.2 Å². The van der Waals surface area contributed by atoms with Crippen molar-refractivity contribution in [2.45, 2.75) is 77.8 Å². The lowest BCUT2D eigenvalue weighted by Gasteiger charge is -2.31. The van der Waals surface area contributed by atoms with Gasteiger partial charge < -0.3 is 19.9 Å². The number of nitrogens with zero attached hydrogens (tertiary/aromatic N) is 2. The molecule has 0 saturated carbocycles. The Labute approximate surface area is 282 Å². The molecule has 50 heavy (non-hydrogen) atoms. The van der Waals surface area contributed by atoms with Gasteiger partial charge in [-0.2, -0.15) is 26.3 Å². The van der Waals surface area contributed by atoms with E-state index in [9.17, 15) is 45.8 Å². The van der Waals surface area contributed by atoms with Gasteiger partial charge in [-0.15, -0.1) is 0 Å². The number of hydrogen-bond acceptors (Lipinski definition) is 4. The van der Waals surface area contributed by atoms with Gasteiger partial charge in [-0.3, -0.25) is 14.4 Å². The van der Waals surface area contributed by atoms with Crippen molar-refractivity contribution in [3.63, 3.8) is 0 Å². The summed E-state index contributed by atoms with van der Waals surface area (Å²) >= 11 is 0. The van der Waals surface area contributed by atoms with E-state index < -0.39 is 88.1 Å². The Morgan fingerprint density at radius 1 is 0.940 bits per heavy atom. The van der Waals surface area contributed by atoms with E-state index in [4.69, 9.17) is 0 Å². The zero-order valence-electron chi connectivity index (χ0n) is 27.7. The molecule has 1 amide bonds. The first kappa shape index (κ1) is 38.5. The van der Waals surface area contributed by atoms with Crippen LogP contribution in [0.15, 0.2) is 41.3 Å². The van der Waals surface area contributed by atoms with Crippen LogP contribution in [0.4, 0.5) is 35.1 Å². The number of pyridine rings is 1. The van der Waals surface area contributed by atoms with Gasteiger partial charge >= 0.3 is 18.3 Å². The predicted molar refractivity (Wildman–Crippen MR) is 168 cm³/mol. The largest absolute Gasteiger partial charge is 0.481 e. The number of benzene rings is 2. The van der Waals surface area contributed by atoms with Gasteiger partial charge in [-0.05, 0) is 80.4 Å². The van der Waals surface area contributed by atoms with Crippen LogP contribution in [0.5, 0.6) is 0 Å². The Morgan fingerprint density at radius 2 is 1.54 bits per heavy atom. The van der Waals surface area contributed by atoms with Gasteiger partial charge in [0.1, 0.15) is 17.7 Å². The minimum Gasteiger partial charge on any atom is -0.481 e. The third-order valence-corrected chi connectivity index (χ3v) is 8.78. The number of nitrogens with one attached hydrogen (secondary N) is 1. The highest BCUT2D eigenvalue weighted by molar-refractivity contribution is 5.82. The van der Waals surface area contributed by atoms with Crippen molar-refractivity contribution in [3.05, 3.63) is 91.9 Å². The predicted octanol–water partition coefficient (Wildman–Crippen LogP) is 7.62. The number of aromatic nitrogens is 1. The zero-order valence-corrected chi connectivity index (χ0v) is 27.7. The molecule has 0 radical (unpaired) electrons. The third-order valence-electron chi connectivity index (χ3n) is 8.78. The van der Waals surface area contributed by atoms with Crippen molar-refractivity contribution in [2.24, 2.45) is 5.92 Å². The molecule has 3 aromatic rings. The second-order valence-electron chi connectivity index (χ2n) is 13.0. The third kappa shape index (κ3) is 8.53. The molecular weight excluding hydrogens is 678 g/mol. The highest BCUT2D eigenvalue weighted by Crippen LogP contribution is 2.42. The normalized spacial score (nSPS) is 15.1. The van der Waals surface area contributed by atoms with E-state index in [1.54, 1.807) is 19.9 Å². The SMILES string of the molecule is Cc1cccc(C)c1-c1cc(C(F)(F)F)c(F)c([C@H](CC(=O)O)NC(=O)[C@H](CC(C)C)n2cc(CCN3CCC3)c(C(F)(F)F)cc2=O)c1F. The fourth-order valence-corrected chi connectivity index (χ4v) is 6.23. The number of alkyl halides is 6. The second kappa shape index (κ2) is 14.9. The molecule has 0 spiro atoms. The van der Waals surface area contributed by atoms with E-state index >= 15 is 8.78 Å². The fraction of sp³-hybridized carbons (Fsp3) is 0.457. The number of aryl methyl sites for hydroxylation is 2. The maximum Gasteiger partial charge on any atom is 0.419 e. The average molecular weight is 716 g/mol. The standard InChI is InChI=1S/C35H37F8N3O4/c1-18(2)13-26(46-17-21(9-12-45-10-6-11-45)23(15-27(46)47)34(38,39)40)33(50)44-25(16-28(48)49)30-31(36)22(14-24(32(30)37)35(41,42)43)29-19(3)7-5-8-20(29)4/h5,7-8,14-15,17-18,25-26H,6,9-13,16H2,1-4H3,(H,44,50)(H,48,49)/t25-,26-/m0/s1. The molecule has 272 valence electrons. The molecule has 2 N–H and O–H groups in total. The molecule has 1 aromatic heterocycles. The van der Waals surface area contributed by atoms with Gasteiger partial charge in [-0.1, -0.05) is 32.0 Å². The van der Waals surface area contributed by atoms with Gasteiger partial charge in [-0.25, -0.2) is 8.78 Å². The lowest BCUT2D eigenvalue weighted by molar-refractivity contribution is -0.140. The van der Waals surface area contributed by atoms with Crippen molar-refractivity contribution in [1.29, 1.82) is 0 Å². The van der Waals surface area contributed by atoms with Gasteiger partial charge in [0.05, 0.1) is 23.6 Å². The van der Waals surface area contributed by atoms with E-state index in [-0.39, 0.29) is 36.6 Å². The number of amides is 1. The minimum absolute atomic E-state index is 0.00287. The first-order valence-electron chi connectivity index (χ1n) is 15.9. The number of aliphatic carboxylic acids is 1. The Hall–Kier alpha value is -4.27. The van der Waals surface area contributed by atoms with E-state index in [1.807, 2.05) is 4.90 Å². The van der Waals surface area contributed by atoms with Crippen molar-refractivity contribution < 1.29 is 49.8 Å². The van der Waals surface area contributed by atoms with E-state index in [1.165, 1.54) is 26.0 Å². The Morgan fingerprint density at radius 3 is 2.04 bits per heavy atom. The number of hydrogen-bond donors (Lipinski definition) is 2. The van der Waals surface area contributed by atoms with Crippen LogP contribution in [-0.2, 0) is 28.4 Å². The van der Waals surface area contributed by atoms with Crippen molar-refractivity contribution in [1.82, 2.24) is 14.8 Å². The molecule has 1 fully saturated rings. The highest BCUT2D eigenvalue weighted by atomic mass is 19.4.